The van der Waals surface area contributed by atoms with Crippen molar-refractivity contribution in [3.05, 3.63) is 60.2 Å². The van der Waals surface area contributed by atoms with Crippen molar-refractivity contribution >= 4 is 34.1 Å². The number of anilines is 2. The van der Waals surface area contributed by atoms with E-state index in [0.29, 0.717) is 41.5 Å². The van der Waals surface area contributed by atoms with Crippen LogP contribution in [0.25, 0.3) is 27.9 Å². The van der Waals surface area contributed by atoms with E-state index < -0.39 is 0 Å². The SMILES string of the molecule is Cc1c(Oc2cc3nncn3cn2)ccc(-c2nc(N)c3cc(NC4=NC(C)(C)CO4)ccc3n2)c1C. The molecule has 0 saturated carbocycles. The molecule has 4 heterocycles. The highest BCUT2D eigenvalue weighted by Gasteiger charge is 2.26. The van der Waals surface area contributed by atoms with Gasteiger partial charge in [-0.2, -0.15) is 0 Å². The second-order valence-electron chi connectivity index (χ2n) is 9.59. The molecular formula is C26H25N9O2. The van der Waals surface area contributed by atoms with Gasteiger partial charge in [0.2, 0.25) is 5.88 Å². The van der Waals surface area contributed by atoms with Crippen LogP contribution in [0.4, 0.5) is 11.5 Å². The Hall–Kier alpha value is -4.80. The summed E-state index contributed by atoms with van der Waals surface area (Å²) in [5.41, 5.74) is 11.1. The topological polar surface area (TPSA) is 138 Å². The van der Waals surface area contributed by atoms with E-state index >= 15 is 0 Å². The molecule has 1 aliphatic heterocycles. The van der Waals surface area contributed by atoms with Gasteiger partial charge in [-0.05, 0) is 69.2 Å². The molecule has 0 amide bonds. The number of hydrogen-bond donors (Lipinski definition) is 2. The van der Waals surface area contributed by atoms with Crippen molar-refractivity contribution in [2.45, 2.75) is 33.2 Å². The van der Waals surface area contributed by atoms with Crippen molar-refractivity contribution in [3.8, 4) is 23.0 Å². The second kappa shape index (κ2) is 8.40. The summed E-state index contributed by atoms with van der Waals surface area (Å²) >= 11 is 0. The first-order valence-corrected chi connectivity index (χ1v) is 11.8. The fraction of sp³-hybridized carbons (Fsp3) is 0.231. The molecular weight excluding hydrogens is 470 g/mol. The summed E-state index contributed by atoms with van der Waals surface area (Å²) in [5, 5.41) is 11.8. The maximum atomic E-state index is 6.38. The fourth-order valence-electron chi connectivity index (χ4n) is 4.15. The Morgan fingerprint density at radius 1 is 1.05 bits per heavy atom. The van der Waals surface area contributed by atoms with Crippen molar-refractivity contribution in [1.82, 2.24) is 29.5 Å². The van der Waals surface area contributed by atoms with Crippen molar-refractivity contribution in [2.24, 2.45) is 4.99 Å². The summed E-state index contributed by atoms with van der Waals surface area (Å²) < 4.78 is 13.4. The number of nitrogens with one attached hydrogen (secondary N) is 1. The number of nitrogens with two attached hydrogens (primary N) is 1. The van der Waals surface area contributed by atoms with Gasteiger partial charge in [-0.3, -0.25) is 4.40 Å². The van der Waals surface area contributed by atoms with E-state index in [0.717, 1.165) is 33.3 Å². The molecule has 186 valence electrons. The van der Waals surface area contributed by atoms with Crippen molar-refractivity contribution < 1.29 is 9.47 Å². The summed E-state index contributed by atoms with van der Waals surface area (Å²) in [6, 6.07) is 11.8. The third kappa shape index (κ3) is 4.24. The number of ether oxygens (including phenoxy) is 2. The van der Waals surface area contributed by atoms with E-state index in [-0.39, 0.29) is 5.54 Å². The molecule has 0 aliphatic carbocycles. The number of amidine groups is 1. The zero-order valence-corrected chi connectivity index (χ0v) is 20.9. The number of benzene rings is 2. The molecule has 37 heavy (non-hydrogen) atoms. The van der Waals surface area contributed by atoms with Crippen LogP contribution in [0.1, 0.15) is 25.0 Å². The highest BCUT2D eigenvalue weighted by atomic mass is 16.5. The van der Waals surface area contributed by atoms with E-state index in [4.69, 9.17) is 20.2 Å². The van der Waals surface area contributed by atoms with Gasteiger partial charge in [-0.25, -0.2) is 19.9 Å². The largest absolute Gasteiger partial charge is 0.462 e. The minimum Gasteiger partial charge on any atom is -0.462 e. The van der Waals surface area contributed by atoms with Gasteiger partial charge in [-0.1, -0.05) is 0 Å². The quantitative estimate of drug-likeness (QED) is 0.374. The Balaban J connectivity index is 1.29. The molecule has 2 aromatic carbocycles. The molecule has 6 rings (SSSR count). The molecule has 0 fully saturated rings. The normalized spacial score (nSPS) is 14.5. The van der Waals surface area contributed by atoms with Gasteiger partial charge in [0.15, 0.2) is 11.5 Å². The number of nitrogen functional groups attached to an aromatic ring is 1. The Morgan fingerprint density at radius 2 is 1.92 bits per heavy atom. The van der Waals surface area contributed by atoms with Gasteiger partial charge < -0.3 is 20.5 Å². The summed E-state index contributed by atoms with van der Waals surface area (Å²) in [7, 11) is 0. The van der Waals surface area contributed by atoms with Gasteiger partial charge in [-0.15, -0.1) is 10.2 Å². The highest BCUT2D eigenvalue weighted by Crippen LogP contribution is 2.34. The number of nitrogens with zero attached hydrogens (tertiary/aromatic N) is 7. The van der Waals surface area contributed by atoms with Gasteiger partial charge in [0, 0.05) is 22.7 Å². The summed E-state index contributed by atoms with van der Waals surface area (Å²) in [4.78, 5) is 18.3. The number of hydrogen-bond acceptors (Lipinski definition) is 10. The van der Waals surface area contributed by atoms with Crippen molar-refractivity contribution in [1.29, 1.82) is 0 Å². The molecule has 3 aromatic heterocycles. The monoisotopic (exact) mass is 495 g/mol. The maximum Gasteiger partial charge on any atom is 0.289 e. The number of rotatable bonds is 4. The zero-order valence-electron chi connectivity index (χ0n) is 20.9. The molecule has 11 heteroatoms. The molecule has 0 unspecified atom stereocenters. The highest BCUT2D eigenvalue weighted by molar-refractivity contribution is 5.96. The number of fused-ring (bicyclic) bond motifs is 2. The van der Waals surface area contributed by atoms with E-state index in [2.05, 4.69) is 30.5 Å². The van der Waals surface area contributed by atoms with Crippen LogP contribution in [0.3, 0.4) is 0 Å². The van der Waals surface area contributed by atoms with E-state index in [1.807, 2.05) is 58.0 Å². The van der Waals surface area contributed by atoms with E-state index in [9.17, 15) is 0 Å². The molecule has 3 N–H and O–H groups in total. The maximum absolute atomic E-state index is 6.38. The van der Waals surface area contributed by atoms with Gasteiger partial charge in [0.1, 0.15) is 30.8 Å². The Labute approximate surface area is 212 Å². The summed E-state index contributed by atoms with van der Waals surface area (Å²) in [6.07, 6.45) is 3.20. The van der Waals surface area contributed by atoms with Crippen LogP contribution in [-0.4, -0.2) is 47.7 Å². The molecule has 5 aromatic rings. The van der Waals surface area contributed by atoms with Crippen LogP contribution in [0.15, 0.2) is 54.0 Å². The molecule has 11 nitrogen and oxygen atoms in total. The Bertz CT molecular complexity index is 1710. The van der Waals surface area contributed by atoms with Gasteiger partial charge in [0.05, 0.1) is 11.1 Å². The Kier molecular flexibility index (Phi) is 5.14. The van der Waals surface area contributed by atoms with Crippen LogP contribution in [0.5, 0.6) is 11.6 Å². The summed E-state index contributed by atoms with van der Waals surface area (Å²) in [5.74, 6) is 2.05. The molecule has 0 saturated heterocycles. The molecule has 0 atom stereocenters. The molecule has 0 bridgehead atoms. The van der Waals surface area contributed by atoms with E-state index in [1.54, 1.807) is 23.1 Å². The Morgan fingerprint density at radius 3 is 2.73 bits per heavy atom. The molecule has 0 radical (unpaired) electrons. The van der Waals surface area contributed by atoms with Gasteiger partial charge in [0.25, 0.3) is 6.02 Å². The first kappa shape index (κ1) is 22.7. The molecule has 0 spiro atoms. The lowest BCUT2D eigenvalue weighted by Crippen LogP contribution is -2.17. The molecule has 1 aliphatic rings. The standard InChI is InChI=1S/C26H25N9O2/c1-14-15(2)20(37-22-10-21-34-29-13-35(21)12-28-22)8-6-17(14)24-31-19-7-5-16(9-18(19)23(27)32-24)30-25-33-26(3,4)11-36-25/h5-10,12-13H,11H2,1-4H3,(H,30,33)(H2,27,31,32). The number of aromatic nitrogens is 6. The minimum absolute atomic E-state index is 0.242. The average molecular weight is 496 g/mol. The van der Waals surface area contributed by atoms with Crippen LogP contribution in [0, 0.1) is 13.8 Å². The average Bonchev–Trinajstić information content (AvgIpc) is 3.47. The predicted octanol–water partition coefficient (Wildman–Crippen LogP) is 4.30. The van der Waals surface area contributed by atoms with Crippen molar-refractivity contribution in [3.63, 3.8) is 0 Å². The van der Waals surface area contributed by atoms with Crippen molar-refractivity contribution in [2.75, 3.05) is 17.7 Å². The van der Waals surface area contributed by atoms with E-state index in [1.165, 1.54) is 0 Å². The second-order valence-corrected chi connectivity index (χ2v) is 9.59. The predicted molar refractivity (Wildman–Crippen MR) is 141 cm³/mol. The zero-order chi connectivity index (χ0) is 25.7. The first-order chi connectivity index (χ1) is 17.8. The number of aliphatic imine (C=N–C) groups is 1. The lowest BCUT2D eigenvalue weighted by Gasteiger charge is -2.14. The van der Waals surface area contributed by atoms with Crippen LogP contribution in [-0.2, 0) is 4.74 Å². The minimum atomic E-state index is -0.242. The third-order valence-electron chi connectivity index (χ3n) is 6.30. The lowest BCUT2D eigenvalue weighted by molar-refractivity contribution is 0.278. The lowest BCUT2D eigenvalue weighted by atomic mass is 10.0. The first-order valence-electron chi connectivity index (χ1n) is 11.8. The van der Waals surface area contributed by atoms with Crippen LogP contribution >= 0.6 is 0 Å². The third-order valence-corrected chi connectivity index (χ3v) is 6.30. The van der Waals surface area contributed by atoms with Gasteiger partial charge >= 0.3 is 0 Å². The van der Waals surface area contributed by atoms with Crippen LogP contribution in [0.2, 0.25) is 0 Å². The fourth-order valence-corrected chi connectivity index (χ4v) is 4.15. The van der Waals surface area contributed by atoms with Crippen LogP contribution < -0.4 is 15.8 Å². The summed E-state index contributed by atoms with van der Waals surface area (Å²) in [6.45, 7) is 8.57. The smallest absolute Gasteiger partial charge is 0.289 e.